The van der Waals surface area contributed by atoms with Crippen molar-refractivity contribution in [2.45, 2.75) is 26.4 Å². The number of nitrogens with one attached hydrogen (secondary N) is 2. The maximum Gasteiger partial charge on any atom is 0.274 e. The van der Waals surface area contributed by atoms with Crippen molar-refractivity contribution in [1.29, 1.82) is 0 Å². The van der Waals surface area contributed by atoms with Crippen LogP contribution in [0.3, 0.4) is 0 Å². The van der Waals surface area contributed by atoms with Crippen LogP contribution < -0.4 is 11.1 Å². The minimum absolute atomic E-state index is 0.187. The van der Waals surface area contributed by atoms with Crippen molar-refractivity contribution in [3.05, 3.63) is 11.4 Å². The SMILES string of the molecule is CCc1[nH]nc(C(=O)NC[C@@H](C)O)c1N. The molecular formula is C9H16N4O2. The summed E-state index contributed by atoms with van der Waals surface area (Å²) in [4.78, 5) is 11.5. The van der Waals surface area contributed by atoms with E-state index in [4.69, 9.17) is 10.8 Å². The van der Waals surface area contributed by atoms with Gasteiger partial charge < -0.3 is 16.2 Å². The molecule has 1 aromatic rings. The molecule has 6 nitrogen and oxygen atoms in total. The van der Waals surface area contributed by atoms with Crippen LogP contribution in [0.25, 0.3) is 0 Å². The molecule has 84 valence electrons. The fraction of sp³-hybridized carbons (Fsp3) is 0.556. The fourth-order valence-electron chi connectivity index (χ4n) is 1.15. The van der Waals surface area contributed by atoms with Crippen LogP contribution in [0, 0.1) is 0 Å². The highest BCUT2D eigenvalue weighted by Gasteiger charge is 2.16. The summed E-state index contributed by atoms with van der Waals surface area (Å²) in [5.41, 5.74) is 7.01. The van der Waals surface area contributed by atoms with E-state index in [0.717, 1.165) is 5.69 Å². The Kier molecular flexibility index (Phi) is 3.68. The lowest BCUT2D eigenvalue weighted by molar-refractivity contribution is 0.0920. The van der Waals surface area contributed by atoms with Crippen LogP contribution in [0.2, 0.25) is 0 Å². The Morgan fingerprint density at radius 1 is 1.73 bits per heavy atom. The van der Waals surface area contributed by atoms with Crippen molar-refractivity contribution in [2.75, 3.05) is 12.3 Å². The number of aromatic nitrogens is 2. The van der Waals surface area contributed by atoms with Crippen LogP contribution in [0.1, 0.15) is 30.0 Å². The summed E-state index contributed by atoms with van der Waals surface area (Å²) in [6.07, 6.45) is 0.113. The van der Waals surface area contributed by atoms with Gasteiger partial charge in [-0.05, 0) is 13.3 Å². The van der Waals surface area contributed by atoms with Gasteiger partial charge in [-0.3, -0.25) is 9.89 Å². The number of H-pyrrole nitrogens is 1. The number of amides is 1. The Morgan fingerprint density at radius 2 is 2.40 bits per heavy atom. The summed E-state index contributed by atoms with van der Waals surface area (Å²) in [7, 11) is 0. The molecule has 0 saturated heterocycles. The van der Waals surface area contributed by atoms with Crippen molar-refractivity contribution < 1.29 is 9.90 Å². The zero-order valence-electron chi connectivity index (χ0n) is 8.87. The molecule has 1 rings (SSSR count). The van der Waals surface area contributed by atoms with E-state index in [1.165, 1.54) is 0 Å². The topological polar surface area (TPSA) is 104 Å². The summed E-state index contributed by atoms with van der Waals surface area (Å²) in [6, 6.07) is 0. The third-order valence-electron chi connectivity index (χ3n) is 2.01. The van der Waals surface area contributed by atoms with E-state index in [9.17, 15) is 4.79 Å². The normalized spacial score (nSPS) is 12.5. The lowest BCUT2D eigenvalue weighted by Crippen LogP contribution is -2.31. The molecule has 0 aliphatic carbocycles. The largest absolute Gasteiger partial charge is 0.395 e. The van der Waals surface area contributed by atoms with Crippen LogP contribution in [-0.4, -0.2) is 33.9 Å². The number of carbonyl (C=O) groups excluding carboxylic acids is 1. The Bertz CT molecular complexity index is 346. The van der Waals surface area contributed by atoms with Gasteiger partial charge in [0.1, 0.15) is 0 Å². The molecule has 15 heavy (non-hydrogen) atoms. The Hall–Kier alpha value is -1.56. The highest BCUT2D eigenvalue weighted by atomic mass is 16.3. The molecule has 0 bridgehead atoms. The van der Waals surface area contributed by atoms with E-state index in [0.29, 0.717) is 12.1 Å². The lowest BCUT2D eigenvalue weighted by atomic mass is 10.2. The third kappa shape index (κ3) is 2.69. The second kappa shape index (κ2) is 4.79. The zero-order chi connectivity index (χ0) is 11.4. The second-order valence-electron chi connectivity index (χ2n) is 3.38. The van der Waals surface area contributed by atoms with Gasteiger partial charge in [0, 0.05) is 6.54 Å². The fourth-order valence-corrected chi connectivity index (χ4v) is 1.15. The molecule has 1 aromatic heterocycles. The lowest BCUT2D eigenvalue weighted by Gasteiger charge is -2.05. The van der Waals surface area contributed by atoms with Gasteiger partial charge in [-0.1, -0.05) is 6.92 Å². The van der Waals surface area contributed by atoms with Crippen LogP contribution >= 0.6 is 0 Å². The van der Waals surface area contributed by atoms with Crippen molar-refractivity contribution in [2.24, 2.45) is 0 Å². The predicted octanol–water partition coefficient (Wildman–Crippen LogP) is -0.335. The summed E-state index contributed by atoms with van der Waals surface area (Å²) in [5, 5.41) is 18.0. The highest BCUT2D eigenvalue weighted by Crippen LogP contribution is 2.13. The molecule has 1 atom stereocenters. The van der Waals surface area contributed by atoms with E-state index in [1.807, 2.05) is 6.92 Å². The van der Waals surface area contributed by atoms with E-state index in [1.54, 1.807) is 6.92 Å². The molecule has 1 heterocycles. The van der Waals surface area contributed by atoms with Crippen LogP contribution in [-0.2, 0) is 6.42 Å². The monoisotopic (exact) mass is 212 g/mol. The summed E-state index contributed by atoms with van der Waals surface area (Å²) in [6.45, 7) is 3.69. The van der Waals surface area contributed by atoms with Gasteiger partial charge in [0.15, 0.2) is 5.69 Å². The quantitative estimate of drug-likeness (QED) is 0.548. The number of nitrogens with two attached hydrogens (primary N) is 1. The van der Waals surface area contributed by atoms with E-state index < -0.39 is 6.10 Å². The number of anilines is 1. The van der Waals surface area contributed by atoms with Gasteiger partial charge in [-0.15, -0.1) is 0 Å². The van der Waals surface area contributed by atoms with Crippen LogP contribution in [0.5, 0.6) is 0 Å². The second-order valence-corrected chi connectivity index (χ2v) is 3.38. The molecule has 0 saturated carbocycles. The molecule has 0 fully saturated rings. The number of hydrogen-bond donors (Lipinski definition) is 4. The van der Waals surface area contributed by atoms with Gasteiger partial charge in [0.2, 0.25) is 0 Å². The molecule has 5 N–H and O–H groups in total. The van der Waals surface area contributed by atoms with Crippen molar-refractivity contribution in [3.8, 4) is 0 Å². The minimum atomic E-state index is -0.584. The first-order valence-corrected chi connectivity index (χ1v) is 4.85. The average Bonchev–Trinajstić information content (AvgIpc) is 2.56. The molecule has 0 unspecified atom stereocenters. The summed E-state index contributed by atoms with van der Waals surface area (Å²) in [5.74, 6) is -0.371. The number of aliphatic hydroxyl groups is 1. The maximum atomic E-state index is 11.5. The van der Waals surface area contributed by atoms with Crippen molar-refractivity contribution >= 4 is 11.6 Å². The molecule has 6 heteroatoms. The zero-order valence-corrected chi connectivity index (χ0v) is 8.87. The maximum absolute atomic E-state index is 11.5. The summed E-state index contributed by atoms with van der Waals surface area (Å²) < 4.78 is 0. The number of aliphatic hydroxyl groups excluding tert-OH is 1. The first-order valence-electron chi connectivity index (χ1n) is 4.85. The highest BCUT2D eigenvalue weighted by molar-refractivity contribution is 5.97. The van der Waals surface area contributed by atoms with Gasteiger partial charge in [0.25, 0.3) is 5.91 Å². The molecular weight excluding hydrogens is 196 g/mol. The number of nitrogens with zero attached hydrogens (tertiary/aromatic N) is 1. The number of rotatable bonds is 4. The van der Waals surface area contributed by atoms with E-state index >= 15 is 0 Å². The molecule has 0 radical (unpaired) electrons. The molecule has 0 spiro atoms. The number of nitrogen functional groups attached to an aromatic ring is 1. The van der Waals surface area contributed by atoms with Gasteiger partial charge >= 0.3 is 0 Å². The van der Waals surface area contributed by atoms with Gasteiger partial charge in [0.05, 0.1) is 17.5 Å². The smallest absolute Gasteiger partial charge is 0.274 e. The predicted molar refractivity (Wildman–Crippen MR) is 56.4 cm³/mol. The van der Waals surface area contributed by atoms with Gasteiger partial charge in [-0.2, -0.15) is 5.10 Å². The van der Waals surface area contributed by atoms with Crippen molar-refractivity contribution in [3.63, 3.8) is 0 Å². The van der Waals surface area contributed by atoms with Crippen LogP contribution in [0.4, 0.5) is 5.69 Å². The molecule has 0 aliphatic rings. The molecule has 1 amide bonds. The average molecular weight is 212 g/mol. The third-order valence-corrected chi connectivity index (χ3v) is 2.01. The molecule has 0 aliphatic heterocycles. The minimum Gasteiger partial charge on any atom is -0.395 e. The van der Waals surface area contributed by atoms with Gasteiger partial charge in [-0.25, -0.2) is 0 Å². The van der Waals surface area contributed by atoms with E-state index in [-0.39, 0.29) is 18.1 Å². The Morgan fingerprint density at radius 3 is 2.87 bits per heavy atom. The van der Waals surface area contributed by atoms with Crippen molar-refractivity contribution in [1.82, 2.24) is 15.5 Å². The van der Waals surface area contributed by atoms with Crippen LogP contribution in [0.15, 0.2) is 0 Å². The first-order chi connectivity index (χ1) is 7.06. The Labute approximate surface area is 87.9 Å². The Balaban J connectivity index is 2.69. The standard InChI is InChI=1S/C9H16N4O2/c1-3-6-7(10)8(13-12-6)9(15)11-4-5(2)14/h5,14H,3-4,10H2,1-2H3,(H,11,15)(H,12,13)/t5-/m1/s1. The molecule has 0 aromatic carbocycles. The first kappa shape index (κ1) is 11.5. The number of carbonyl (C=O) groups is 1. The number of aryl methyl sites for hydroxylation is 1. The van der Waals surface area contributed by atoms with E-state index in [2.05, 4.69) is 15.5 Å². The number of aromatic amines is 1. The number of hydrogen-bond acceptors (Lipinski definition) is 4. The summed E-state index contributed by atoms with van der Waals surface area (Å²) >= 11 is 0.